The van der Waals surface area contributed by atoms with Crippen molar-refractivity contribution in [2.75, 3.05) is 39.0 Å². The van der Waals surface area contributed by atoms with Crippen LogP contribution in [-0.4, -0.2) is 79.4 Å². The Bertz CT molecular complexity index is 719. The topological polar surface area (TPSA) is 78.0 Å². The number of sulfonamides is 1. The van der Waals surface area contributed by atoms with Crippen LogP contribution in [0, 0.1) is 17.8 Å². The fourth-order valence-electron chi connectivity index (χ4n) is 4.83. The third kappa shape index (κ3) is 4.71. The molecule has 0 aromatic carbocycles. The number of amides is 2. The average Bonchev–Trinajstić information content (AvgIpc) is 3.10. The summed E-state index contributed by atoms with van der Waals surface area (Å²) in [5.74, 6) is -0.826. The fourth-order valence-corrected chi connectivity index (χ4v) is 5.99. The summed E-state index contributed by atoms with van der Waals surface area (Å²) in [5.41, 5.74) is 0. The quantitative estimate of drug-likeness (QED) is 0.611. The number of hydrogen-bond donors (Lipinski definition) is 0. The summed E-state index contributed by atoms with van der Waals surface area (Å²) in [6.07, 6.45) is 8.29. The number of hydrogen-bond acceptors (Lipinski definition) is 5. The molecule has 0 N–H and O–H groups in total. The molecule has 0 saturated carbocycles. The number of rotatable bonds is 5. The molecular formula is C19H32ClN3O4S. The molecule has 0 aliphatic carbocycles. The maximum atomic E-state index is 12.7. The highest BCUT2D eigenvalue weighted by molar-refractivity contribution is 7.88. The number of nitrogens with zero attached hydrogens (tertiary/aromatic N) is 3. The molecule has 9 heteroatoms. The molecule has 0 aromatic rings. The average molecular weight is 434 g/mol. The van der Waals surface area contributed by atoms with Crippen LogP contribution in [-0.2, 0) is 19.6 Å². The molecular weight excluding hydrogens is 402 g/mol. The molecule has 3 aliphatic rings. The van der Waals surface area contributed by atoms with E-state index >= 15 is 0 Å². The summed E-state index contributed by atoms with van der Waals surface area (Å²) in [5, 5.41) is 0. The second kappa shape index (κ2) is 9.13. The van der Waals surface area contributed by atoms with Gasteiger partial charge in [-0.15, -0.1) is 12.4 Å². The number of piperidine rings is 1. The van der Waals surface area contributed by atoms with Gasteiger partial charge < -0.3 is 4.90 Å². The lowest BCUT2D eigenvalue weighted by atomic mass is 9.84. The van der Waals surface area contributed by atoms with Gasteiger partial charge >= 0.3 is 0 Å². The molecule has 28 heavy (non-hydrogen) atoms. The van der Waals surface area contributed by atoms with Crippen LogP contribution in [0.15, 0.2) is 12.2 Å². The third-order valence-corrected chi connectivity index (χ3v) is 7.22. The lowest BCUT2D eigenvalue weighted by molar-refractivity contribution is -0.131. The van der Waals surface area contributed by atoms with Gasteiger partial charge in [0, 0.05) is 37.5 Å². The van der Waals surface area contributed by atoms with Gasteiger partial charge in [-0.25, -0.2) is 12.7 Å². The normalized spacial score (nSPS) is 28.9. The van der Waals surface area contributed by atoms with E-state index in [4.69, 9.17) is 0 Å². The maximum absolute atomic E-state index is 12.7. The van der Waals surface area contributed by atoms with E-state index in [-0.39, 0.29) is 42.0 Å². The summed E-state index contributed by atoms with van der Waals surface area (Å²) < 4.78 is 25.4. The zero-order valence-electron chi connectivity index (χ0n) is 16.9. The van der Waals surface area contributed by atoms with Gasteiger partial charge in [-0.05, 0) is 31.8 Å². The van der Waals surface area contributed by atoms with E-state index in [9.17, 15) is 18.0 Å². The fraction of sp³-hybridized carbons (Fsp3) is 0.789. The van der Waals surface area contributed by atoms with Crippen LogP contribution >= 0.6 is 12.4 Å². The minimum Gasteiger partial charge on any atom is -0.337 e. The van der Waals surface area contributed by atoms with Crippen LogP contribution in [0.5, 0.6) is 0 Å². The number of carbonyl (C=O) groups is 2. The lowest BCUT2D eigenvalue weighted by Gasteiger charge is -2.25. The number of fused-ring (bicyclic) bond motifs is 1. The van der Waals surface area contributed by atoms with Gasteiger partial charge in [0.25, 0.3) is 0 Å². The first-order valence-electron chi connectivity index (χ1n) is 9.91. The smallest absolute Gasteiger partial charge is 0.246 e. The lowest BCUT2D eigenvalue weighted by Crippen LogP contribution is -2.43. The highest BCUT2D eigenvalue weighted by atomic mass is 35.5. The van der Waals surface area contributed by atoms with Crippen molar-refractivity contribution in [2.45, 2.75) is 39.2 Å². The van der Waals surface area contributed by atoms with Crippen molar-refractivity contribution in [1.29, 1.82) is 0 Å². The van der Waals surface area contributed by atoms with E-state index in [1.54, 1.807) is 11.0 Å². The Morgan fingerprint density at radius 3 is 2.39 bits per heavy atom. The van der Waals surface area contributed by atoms with Crippen LogP contribution < -0.4 is 0 Å². The molecule has 0 aromatic heterocycles. The van der Waals surface area contributed by atoms with Gasteiger partial charge in [-0.1, -0.05) is 26.3 Å². The monoisotopic (exact) mass is 433 g/mol. The van der Waals surface area contributed by atoms with Gasteiger partial charge in [-0.2, -0.15) is 0 Å². The highest BCUT2D eigenvalue weighted by Crippen LogP contribution is 2.41. The van der Waals surface area contributed by atoms with Crippen molar-refractivity contribution in [1.82, 2.24) is 14.1 Å². The first-order chi connectivity index (χ1) is 12.7. The molecule has 0 spiro atoms. The molecule has 0 unspecified atom stereocenters. The SMILES string of the molecule is CC(C)[C@H]1C(=O)N(S(C)(=O)=O)[C@H]2CN(C(=O)/C=C/CN3CCCCC3)C[C@H]12.Cl. The highest BCUT2D eigenvalue weighted by Gasteiger charge is 2.56. The Kier molecular flexibility index (Phi) is 7.56. The van der Waals surface area contributed by atoms with E-state index < -0.39 is 16.1 Å². The molecule has 3 heterocycles. The van der Waals surface area contributed by atoms with Gasteiger partial charge in [0.2, 0.25) is 21.8 Å². The van der Waals surface area contributed by atoms with E-state index in [2.05, 4.69) is 4.90 Å². The summed E-state index contributed by atoms with van der Waals surface area (Å²) >= 11 is 0. The van der Waals surface area contributed by atoms with E-state index in [0.29, 0.717) is 13.1 Å². The minimum absolute atomic E-state index is 0. The van der Waals surface area contributed by atoms with E-state index in [1.165, 1.54) is 19.3 Å². The van der Waals surface area contributed by atoms with Crippen molar-refractivity contribution < 1.29 is 18.0 Å². The predicted octanol–water partition coefficient (Wildman–Crippen LogP) is 1.35. The van der Waals surface area contributed by atoms with Crippen molar-refractivity contribution in [3.63, 3.8) is 0 Å². The molecule has 3 saturated heterocycles. The zero-order chi connectivity index (χ0) is 19.8. The first-order valence-corrected chi connectivity index (χ1v) is 11.8. The summed E-state index contributed by atoms with van der Waals surface area (Å²) in [6.45, 7) is 7.54. The summed E-state index contributed by atoms with van der Waals surface area (Å²) in [4.78, 5) is 29.3. The molecule has 2 amide bonds. The Labute approximate surface area is 174 Å². The molecule has 0 bridgehead atoms. The molecule has 3 aliphatic heterocycles. The minimum atomic E-state index is -3.63. The van der Waals surface area contributed by atoms with Crippen LogP contribution in [0.2, 0.25) is 0 Å². The Morgan fingerprint density at radius 1 is 1.18 bits per heavy atom. The third-order valence-electron chi connectivity index (χ3n) is 6.06. The van der Waals surface area contributed by atoms with Crippen LogP contribution in [0.25, 0.3) is 0 Å². The Hall–Kier alpha value is -1.12. The van der Waals surface area contributed by atoms with Crippen molar-refractivity contribution in [3.05, 3.63) is 12.2 Å². The zero-order valence-corrected chi connectivity index (χ0v) is 18.5. The molecule has 160 valence electrons. The van der Waals surface area contributed by atoms with E-state index in [1.807, 2.05) is 19.9 Å². The van der Waals surface area contributed by atoms with E-state index in [0.717, 1.165) is 30.2 Å². The number of likely N-dealkylation sites (tertiary alicyclic amines) is 2. The first kappa shape index (κ1) is 23.2. The van der Waals surface area contributed by atoms with Gasteiger partial charge in [0.05, 0.1) is 12.3 Å². The summed E-state index contributed by atoms with van der Waals surface area (Å²) in [6, 6.07) is -0.431. The van der Waals surface area contributed by atoms with Gasteiger partial charge in [0.15, 0.2) is 0 Å². The van der Waals surface area contributed by atoms with Crippen LogP contribution in [0.3, 0.4) is 0 Å². The number of carbonyl (C=O) groups excluding carboxylic acids is 2. The second-order valence-electron chi connectivity index (χ2n) is 8.40. The van der Waals surface area contributed by atoms with Gasteiger partial charge in [0.1, 0.15) is 0 Å². The maximum Gasteiger partial charge on any atom is 0.246 e. The van der Waals surface area contributed by atoms with Crippen molar-refractivity contribution >= 4 is 34.2 Å². The summed E-state index contributed by atoms with van der Waals surface area (Å²) in [7, 11) is -3.63. The van der Waals surface area contributed by atoms with Crippen LogP contribution in [0.1, 0.15) is 33.1 Å². The molecule has 3 atom stereocenters. The largest absolute Gasteiger partial charge is 0.337 e. The molecule has 7 nitrogen and oxygen atoms in total. The van der Waals surface area contributed by atoms with Gasteiger partial charge in [-0.3, -0.25) is 14.5 Å². The van der Waals surface area contributed by atoms with Crippen molar-refractivity contribution in [2.24, 2.45) is 17.8 Å². The predicted molar refractivity (Wildman–Crippen MR) is 111 cm³/mol. The molecule has 0 radical (unpaired) electrons. The Morgan fingerprint density at radius 2 is 1.82 bits per heavy atom. The van der Waals surface area contributed by atoms with Crippen LogP contribution in [0.4, 0.5) is 0 Å². The Balaban J connectivity index is 0.00000280. The number of halogens is 1. The molecule has 3 rings (SSSR count). The standard InChI is InChI=1S/C19H31N3O4S.ClH/c1-14(2)18-15-12-21(13-16(15)22(19(18)24)27(3,25)26)17(23)8-7-11-20-9-5-4-6-10-20;/h7-8,14-16,18H,4-6,9-13H2,1-3H3;1H/b8-7+;/t15-,16-,18+;/m0./s1. The van der Waals surface area contributed by atoms with Crippen molar-refractivity contribution in [3.8, 4) is 0 Å². The molecule has 3 fully saturated rings. The second-order valence-corrected chi connectivity index (χ2v) is 10.3.